The number of hydrogen-bond acceptors (Lipinski definition) is 3. The maximum atomic E-state index is 12.1. The lowest BCUT2D eigenvalue weighted by Gasteiger charge is -2.24. The van der Waals surface area contributed by atoms with Crippen LogP contribution in [0.15, 0.2) is 29.2 Å². The van der Waals surface area contributed by atoms with Gasteiger partial charge < -0.3 is 10.4 Å². The van der Waals surface area contributed by atoms with Crippen LogP contribution >= 0.6 is 0 Å². The lowest BCUT2D eigenvalue weighted by molar-refractivity contribution is -0.120. The van der Waals surface area contributed by atoms with Crippen molar-refractivity contribution in [3.05, 3.63) is 29.8 Å². The second-order valence-corrected chi connectivity index (χ2v) is 6.56. The number of amides is 1. The van der Waals surface area contributed by atoms with E-state index in [2.05, 4.69) is 5.32 Å². The number of nitrogens with one attached hydrogen (secondary N) is 1. The first-order chi connectivity index (χ1) is 9.25. The van der Waals surface area contributed by atoms with E-state index in [0.29, 0.717) is 4.90 Å². The number of rotatable bonds is 6. The third-order valence-electron chi connectivity index (χ3n) is 2.97. The van der Waals surface area contributed by atoms with Crippen LogP contribution in [0.2, 0.25) is 0 Å². The van der Waals surface area contributed by atoms with Gasteiger partial charge in [-0.15, -0.1) is 0 Å². The summed E-state index contributed by atoms with van der Waals surface area (Å²) in [6.45, 7) is 5.73. The second-order valence-electron chi connectivity index (χ2n) is 5.11. The van der Waals surface area contributed by atoms with Crippen molar-refractivity contribution in [2.24, 2.45) is 0 Å². The quantitative estimate of drug-likeness (QED) is 0.838. The van der Waals surface area contributed by atoms with Crippen LogP contribution in [0.25, 0.3) is 0 Å². The zero-order valence-corrected chi connectivity index (χ0v) is 12.6. The van der Waals surface area contributed by atoms with Gasteiger partial charge in [0.15, 0.2) is 0 Å². The van der Waals surface area contributed by atoms with E-state index in [1.807, 2.05) is 20.8 Å². The summed E-state index contributed by atoms with van der Waals surface area (Å²) in [7, 11) is -1.55. The molecule has 6 heteroatoms. The summed E-state index contributed by atoms with van der Waals surface area (Å²) in [6, 6.07) is 5.82. The van der Waals surface area contributed by atoms with E-state index in [9.17, 15) is 13.8 Å². The molecule has 0 aliphatic carbocycles. The molecule has 0 aliphatic heterocycles. The molecule has 0 fully saturated rings. The topological polar surface area (TPSA) is 83.5 Å². The number of aromatic carboxylic acids is 1. The fourth-order valence-corrected chi connectivity index (χ4v) is 2.44. The van der Waals surface area contributed by atoms with Crippen molar-refractivity contribution in [3.8, 4) is 0 Å². The third kappa shape index (κ3) is 4.77. The maximum Gasteiger partial charge on any atom is 0.335 e. The summed E-state index contributed by atoms with van der Waals surface area (Å²) in [5.41, 5.74) is -0.283. The van der Waals surface area contributed by atoms with Gasteiger partial charge in [0.25, 0.3) is 0 Å². The molecular weight excluding hydrogens is 278 g/mol. The second kappa shape index (κ2) is 6.65. The van der Waals surface area contributed by atoms with Gasteiger partial charge in [-0.3, -0.25) is 9.00 Å². The highest BCUT2D eigenvalue weighted by Gasteiger charge is 2.20. The van der Waals surface area contributed by atoms with Crippen LogP contribution in [0, 0.1) is 0 Å². The third-order valence-corrected chi connectivity index (χ3v) is 4.27. The molecule has 1 rings (SSSR count). The van der Waals surface area contributed by atoms with E-state index in [1.165, 1.54) is 18.2 Å². The smallest absolute Gasteiger partial charge is 0.335 e. The van der Waals surface area contributed by atoms with Gasteiger partial charge in [0.05, 0.1) is 16.4 Å². The Kier molecular flexibility index (Phi) is 5.44. The van der Waals surface area contributed by atoms with Gasteiger partial charge in [0.2, 0.25) is 5.91 Å². The Bertz CT molecular complexity index is 540. The number of benzene rings is 1. The summed E-state index contributed by atoms with van der Waals surface area (Å²) in [5.74, 6) is -1.57. The zero-order valence-electron chi connectivity index (χ0n) is 11.8. The van der Waals surface area contributed by atoms with Crippen molar-refractivity contribution in [1.82, 2.24) is 5.32 Å². The van der Waals surface area contributed by atoms with E-state index in [-0.39, 0.29) is 22.8 Å². The Morgan fingerprint density at radius 1 is 1.35 bits per heavy atom. The minimum atomic E-state index is -1.55. The SMILES string of the molecule is CCC(C)(C)NC(=O)CS(=O)c1cccc(C(=O)O)c1. The van der Waals surface area contributed by atoms with Crippen LogP contribution < -0.4 is 5.32 Å². The Labute approximate surface area is 120 Å². The molecule has 0 aliphatic rings. The molecule has 5 nitrogen and oxygen atoms in total. The van der Waals surface area contributed by atoms with Crippen molar-refractivity contribution >= 4 is 22.7 Å². The van der Waals surface area contributed by atoms with Crippen LogP contribution in [-0.4, -0.2) is 32.5 Å². The molecule has 1 amide bonds. The van der Waals surface area contributed by atoms with Crippen molar-refractivity contribution in [2.75, 3.05) is 5.75 Å². The molecule has 0 saturated carbocycles. The van der Waals surface area contributed by atoms with Gasteiger partial charge in [-0.25, -0.2) is 4.79 Å². The van der Waals surface area contributed by atoms with Gasteiger partial charge in [-0.2, -0.15) is 0 Å². The fourth-order valence-electron chi connectivity index (χ4n) is 1.48. The highest BCUT2D eigenvalue weighted by atomic mass is 32.2. The minimum absolute atomic E-state index is 0.0603. The lowest BCUT2D eigenvalue weighted by Crippen LogP contribution is -2.44. The molecule has 1 aromatic rings. The molecule has 1 atom stereocenters. The van der Waals surface area contributed by atoms with Crippen LogP contribution in [0.4, 0.5) is 0 Å². The molecule has 1 aromatic carbocycles. The molecule has 20 heavy (non-hydrogen) atoms. The van der Waals surface area contributed by atoms with Crippen molar-refractivity contribution in [1.29, 1.82) is 0 Å². The average molecular weight is 297 g/mol. The molecule has 0 radical (unpaired) electrons. The first kappa shape index (κ1) is 16.4. The van der Waals surface area contributed by atoms with Crippen molar-refractivity contribution in [3.63, 3.8) is 0 Å². The van der Waals surface area contributed by atoms with Crippen LogP contribution in [0.1, 0.15) is 37.6 Å². The normalized spacial score (nSPS) is 12.8. The molecule has 2 N–H and O–H groups in total. The van der Waals surface area contributed by atoms with E-state index in [1.54, 1.807) is 6.07 Å². The Balaban J connectivity index is 2.74. The average Bonchev–Trinajstić information content (AvgIpc) is 2.38. The molecule has 1 unspecified atom stereocenters. The van der Waals surface area contributed by atoms with Gasteiger partial charge in [-0.05, 0) is 38.5 Å². The molecule has 0 saturated heterocycles. The predicted molar refractivity (Wildman–Crippen MR) is 77.2 cm³/mol. The monoisotopic (exact) mass is 297 g/mol. The number of hydrogen-bond donors (Lipinski definition) is 2. The minimum Gasteiger partial charge on any atom is -0.478 e. The summed E-state index contributed by atoms with van der Waals surface area (Å²) in [6.07, 6.45) is 0.764. The van der Waals surface area contributed by atoms with Crippen LogP contribution in [0.5, 0.6) is 0 Å². The van der Waals surface area contributed by atoms with E-state index >= 15 is 0 Å². The van der Waals surface area contributed by atoms with Crippen LogP contribution in [0.3, 0.4) is 0 Å². The van der Waals surface area contributed by atoms with Crippen molar-refractivity contribution in [2.45, 2.75) is 37.6 Å². The molecule has 110 valence electrons. The first-order valence-corrected chi connectivity index (χ1v) is 7.60. The number of carbonyl (C=O) groups is 2. The molecule has 0 spiro atoms. The number of carboxylic acid groups (broad SMARTS) is 1. The first-order valence-electron chi connectivity index (χ1n) is 6.28. The zero-order chi connectivity index (χ0) is 15.3. The Morgan fingerprint density at radius 2 is 2.00 bits per heavy atom. The van der Waals surface area contributed by atoms with Crippen LogP contribution in [-0.2, 0) is 15.6 Å². The largest absolute Gasteiger partial charge is 0.478 e. The Hall–Kier alpha value is -1.69. The lowest BCUT2D eigenvalue weighted by atomic mass is 10.0. The van der Waals surface area contributed by atoms with Crippen molar-refractivity contribution < 1.29 is 18.9 Å². The predicted octanol–water partition coefficient (Wildman–Crippen LogP) is 1.80. The van der Waals surface area contributed by atoms with Gasteiger partial charge >= 0.3 is 5.97 Å². The number of carboxylic acids is 1. The number of carbonyl (C=O) groups excluding carboxylic acids is 1. The molecular formula is C14H19NO4S. The standard InChI is InChI=1S/C14H19NO4S/c1-4-14(2,3)15-12(16)9-20(19)11-7-5-6-10(8-11)13(17)18/h5-8H,4,9H2,1-3H3,(H,15,16)(H,17,18). The Morgan fingerprint density at radius 3 is 2.55 bits per heavy atom. The molecule has 0 bridgehead atoms. The summed E-state index contributed by atoms with van der Waals surface area (Å²) < 4.78 is 12.1. The van der Waals surface area contributed by atoms with Gasteiger partial charge in [-0.1, -0.05) is 13.0 Å². The maximum absolute atomic E-state index is 12.1. The van der Waals surface area contributed by atoms with E-state index in [0.717, 1.165) is 6.42 Å². The summed E-state index contributed by atoms with van der Waals surface area (Å²) in [4.78, 5) is 23.0. The summed E-state index contributed by atoms with van der Waals surface area (Å²) in [5, 5.41) is 11.7. The summed E-state index contributed by atoms with van der Waals surface area (Å²) >= 11 is 0. The molecule has 0 heterocycles. The van der Waals surface area contributed by atoms with E-state index < -0.39 is 16.8 Å². The highest BCUT2D eigenvalue weighted by Crippen LogP contribution is 2.11. The highest BCUT2D eigenvalue weighted by molar-refractivity contribution is 7.85. The fraction of sp³-hybridized carbons (Fsp3) is 0.429. The van der Waals surface area contributed by atoms with Gasteiger partial charge in [0, 0.05) is 10.4 Å². The van der Waals surface area contributed by atoms with E-state index in [4.69, 9.17) is 5.11 Å². The molecule has 0 aromatic heterocycles. The van der Waals surface area contributed by atoms with Gasteiger partial charge in [0.1, 0.15) is 5.75 Å².